The van der Waals surface area contributed by atoms with Crippen LogP contribution in [0.4, 0.5) is 0 Å². The fraction of sp³-hybridized carbons (Fsp3) is 0.385. The number of carbonyl (C=O) groups excluding carboxylic acids is 2. The molecule has 0 aromatic heterocycles. The topological polar surface area (TPSA) is 72.2 Å². The van der Waals surface area contributed by atoms with Crippen LogP contribution in [-0.2, 0) is 4.79 Å². The number of nitrogens with one attached hydrogen (secondary N) is 1. The van der Waals surface area contributed by atoms with E-state index < -0.39 is 11.3 Å². The lowest BCUT2D eigenvalue weighted by Crippen LogP contribution is -2.42. The Bertz CT molecular complexity index is 484. The number of amides is 2. The van der Waals surface area contributed by atoms with Gasteiger partial charge in [0.2, 0.25) is 5.91 Å². The maximum absolute atomic E-state index is 12.0. The van der Waals surface area contributed by atoms with Crippen molar-refractivity contribution >= 4 is 27.7 Å². The minimum Gasteiger partial charge on any atom is -0.369 e. The van der Waals surface area contributed by atoms with E-state index in [9.17, 15) is 9.59 Å². The molecular weight excluding hydrogens is 296 g/mol. The first-order valence-electron chi connectivity index (χ1n) is 5.59. The minimum absolute atomic E-state index is 0.205. The highest BCUT2D eigenvalue weighted by molar-refractivity contribution is 9.10. The molecule has 0 spiro atoms. The average Bonchev–Trinajstić information content (AvgIpc) is 2.29. The molecule has 3 N–H and O–H groups in total. The molecule has 0 bridgehead atoms. The Morgan fingerprint density at radius 1 is 1.39 bits per heavy atom. The first kappa shape index (κ1) is 14.7. The first-order valence-corrected chi connectivity index (χ1v) is 6.38. The molecule has 98 valence electrons. The average molecular weight is 313 g/mol. The molecule has 1 aromatic rings. The molecule has 0 fully saturated rings. The molecule has 2 amide bonds. The third-order valence-corrected chi connectivity index (χ3v) is 3.73. The third-order valence-electron chi connectivity index (χ3n) is 2.87. The van der Waals surface area contributed by atoms with Crippen LogP contribution in [0.2, 0.25) is 0 Å². The zero-order valence-electron chi connectivity index (χ0n) is 10.7. The zero-order chi connectivity index (χ0) is 13.9. The van der Waals surface area contributed by atoms with Crippen molar-refractivity contribution < 1.29 is 9.59 Å². The van der Waals surface area contributed by atoms with Crippen LogP contribution in [0, 0.1) is 12.3 Å². The third kappa shape index (κ3) is 3.32. The summed E-state index contributed by atoms with van der Waals surface area (Å²) in [6, 6.07) is 5.41. The molecule has 0 aliphatic carbocycles. The molecule has 0 saturated carbocycles. The normalized spacial score (nSPS) is 11.1. The van der Waals surface area contributed by atoms with E-state index in [-0.39, 0.29) is 12.5 Å². The largest absolute Gasteiger partial charge is 0.369 e. The van der Waals surface area contributed by atoms with E-state index in [0.29, 0.717) is 5.56 Å². The van der Waals surface area contributed by atoms with Crippen molar-refractivity contribution in [1.82, 2.24) is 5.32 Å². The van der Waals surface area contributed by atoms with Crippen molar-refractivity contribution in [2.75, 3.05) is 6.54 Å². The smallest absolute Gasteiger partial charge is 0.251 e. The number of primary amides is 1. The van der Waals surface area contributed by atoms with Gasteiger partial charge in [0.05, 0.1) is 5.41 Å². The van der Waals surface area contributed by atoms with Gasteiger partial charge in [0.15, 0.2) is 0 Å². The van der Waals surface area contributed by atoms with Gasteiger partial charge in [-0.25, -0.2) is 0 Å². The second-order valence-corrected chi connectivity index (χ2v) is 5.70. The van der Waals surface area contributed by atoms with E-state index in [1.807, 2.05) is 13.0 Å². The van der Waals surface area contributed by atoms with Crippen molar-refractivity contribution in [1.29, 1.82) is 0 Å². The number of benzene rings is 1. The summed E-state index contributed by atoms with van der Waals surface area (Å²) >= 11 is 3.37. The van der Waals surface area contributed by atoms with Gasteiger partial charge < -0.3 is 11.1 Å². The van der Waals surface area contributed by atoms with Gasteiger partial charge in [-0.1, -0.05) is 22.0 Å². The van der Waals surface area contributed by atoms with E-state index >= 15 is 0 Å². The summed E-state index contributed by atoms with van der Waals surface area (Å²) in [5.74, 6) is -0.642. The number of carbonyl (C=O) groups is 2. The Morgan fingerprint density at radius 2 is 2.00 bits per heavy atom. The second kappa shape index (κ2) is 5.52. The summed E-state index contributed by atoms with van der Waals surface area (Å²) in [6.45, 7) is 5.47. The van der Waals surface area contributed by atoms with Crippen molar-refractivity contribution in [3.63, 3.8) is 0 Å². The van der Waals surface area contributed by atoms with Gasteiger partial charge in [-0.3, -0.25) is 9.59 Å². The zero-order valence-corrected chi connectivity index (χ0v) is 12.3. The predicted molar refractivity (Wildman–Crippen MR) is 74.2 cm³/mol. The highest BCUT2D eigenvalue weighted by Gasteiger charge is 2.25. The Kier molecular flexibility index (Phi) is 4.51. The van der Waals surface area contributed by atoms with Crippen LogP contribution >= 0.6 is 15.9 Å². The molecule has 0 atom stereocenters. The lowest BCUT2D eigenvalue weighted by Gasteiger charge is -2.21. The van der Waals surface area contributed by atoms with Gasteiger partial charge in [-0.2, -0.15) is 0 Å². The summed E-state index contributed by atoms with van der Waals surface area (Å²) < 4.78 is 0.879. The molecule has 0 heterocycles. The molecule has 5 heteroatoms. The van der Waals surface area contributed by atoms with E-state index in [4.69, 9.17) is 5.73 Å². The van der Waals surface area contributed by atoms with Crippen LogP contribution < -0.4 is 11.1 Å². The van der Waals surface area contributed by atoms with Gasteiger partial charge in [-0.15, -0.1) is 0 Å². The quantitative estimate of drug-likeness (QED) is 0.892. The van der Waals surface area contributed by atoms with E-state index in [1.165, 1.54) is 0 Å². The van der Waals surface area contributed by atoms with Crippen LogP contribution in [0.3, 0.4) is 0 Å². The number of hydrogen-bond donors (Lipinski definition) is 2. The fourth-order valence-corrected chi connectivity index (χ4v) is 1.70. The van der Waals surface area contributed by atoms with Gasteiger partial charge in [0, 0.05) is 16.6 Å². The summed E-state index contributed by atoms with van der Waals surface area (Å²) in [5.41, 5.74) is 5.95. The number of rotatable bonds is 4. The summed E-state index contributed by atoms with van der Waals surface area (Å²) in [4.78, 5) is 23.2. The summed E-state index contributed by atoms with van der Waals surface area (Å²) in [6.07, 6.45) is 0. The fourth-order valence-electron chi connectivity index (χ4n) is 1.34. The number of hydrogen-bond acceptors (Lipinski definition) is 2. The highest BCUT2D eigenvalue weighted by Crippen LogP contribution is 2.19. The van der Waals surface area contributed by atoms with Crippen molar-refractivity contribution in [2.24, 2.45) is 11.1 Å². The maximum atomic E-state index is 12.0. The molecule has 18 heavy (non-hydrogen) atoms. The molecule has 4 nitrogen and oxygen atoms in total. The van der Waals surface area contributed by atoms with E-state index in [2.05, 4.69) is 21.2 Å². The Morgan fingerprint density at radius 3 is 2.56 bits per heavy atom. The highest BCUT2D eigenvalue weighted by atomic mass is 79.9. The molecule has 0 radical (unpaired) electrons. The second-order valence-electron chi connectivity index (χ2n) is 4.84. The Labute approximate surface area is 115 Å². The lowest BCUT2D eigenvalue weighted by molar-refractivity contribution is -0.125. The monoisotopic (exact) mass is 312 g/mol. The van der Waals surface area contributed by atoms with Crippen LogP contribution in [-0.4, -0.2) is 18.4 Å². The maximum Gasteiger partial charge on any atom is 0.251 e. The van der Waals surface area contributed by atoms with Crippen molar-refractivity contribution in [2.45, 2.75) is 20.8 Å². The van der Waals surface area contributed by atoms with Gasteiger partial charge >= 0.3 is 0 Å². The van der Waals surface area contributed by atoms with Crippen molar-refractivity contribution in [3.05, 3.63) is 33.8 Å². The standard InChI is InChI=1S/C13H17BrN2O2/c1-8-9(5-4-6-10(8)14)11(17)16-7-13(2,3)12(15)18/h4-6H,7H2,1-3H3,(H2,15,18)(H,16,17). The SMILES string of the molecule is Cc1c(Br)cccc1C(=O)NCC(C)(C)C(N)=O. The molecule has 0 saturated heterocycles. The minimum atomic E-state index is -0.754. The van der Waals surface area contributed by atoms with Crippen LogP contribution in [0.25, 0.3) is 0 Å². The summed E-state index contributed by atoms with van der Waals surface area (Å²) in [7, 11) is 0. The Balaban J connectivity index is 2.78. The van der Waals surface area contributed by atoms with Gasteiger partial charge in [-0.05, 0) is 38.5 Å². The number of nitrogens with two attached hydrogens (primary N) is 1. The lowest BCUT2D eigenvalue weighted by atomic mass is 9.92. The van der Waals surface area contributed by atoms with E-state index in [1.54, 1.807) is 26.0 Å². The molecule has 0 unspecified atom stereocenters. The van der Waals surface area contributed by atoms with Crippen molar-refractivity contribution in [3.8, 4) is 0 Å². The van der Waals surface area contributed by atoms with Crippen LogP contribution in [0.1, 0.15) is 29.8 Å². The van der Waals surface area contributed by atoms with Gasteiger partial charge in [0.1, 0.15) is 0 Å². The van der Waals surface area contributed by atoms with Gasteiger partial charge in [0.25, 0.3) is 5.91 Å². The molecule has 1 aromatic carbocycles. The molecule has 0 aliphatic rings. The summed E-state index contributed by atoms with van der Waals surface area (Å²) in [5, 5.41) is 2.73. The van der Waals surface area contributed by atoms with Crippen LogP contribution in [0.15, 0.2) is 22.7 Å². The predicted octanol–water partition coefficient (Wildman–Crippen LogP) is 2.00. The number of halogens is 1. The molecular formula is C13H17BrN2O2. The van der Waals surface area contributed by atoms with E-state index in [0.717, 1.165) is 10.0 Å². The van der Waals surface area contributed by atoms with Crippen LogP contribution in [0.5, 0.6) is 0 Å². The molecule has 1 rings (SSSR count). The Hall–Kier alpha value is -1.36. The first-order chi connectivity index (χ1) is 8.25. The molecule has 0 aliphatic heterocycles.